The van der Waals surface area contributed by atoms with E-state index in [1.54, 1.807) is 11.8 Å². The second-order valence-corrected chi connectivity index (χ2v) is 5.65. The van der Waals surface area contributed by atoms with Gasteiger partial charge in [0, 0.05) is 24.2 Å². The van der Waals surface area contributed by atoms with Gasteiger partial charge < -0.3 is 10.2 Å². The molecule has 0 unspecified atom stereocenters. The lowest BCUT2D eigenvalue weighted by molar-refractivity contribution is 0.378. The van der Waals surface area contributed by atoms with Crippen LogP contribution in [0, 0.1) is 5.92 Å². The third-order valence-corrected chi connectivity index (χ3v) is 4.25. The molecule has 1 saturated heterocycles. The first-order valence-electron chi connectivity index (χ1n) is 6.35. The lowest BCUT2D eigenvalue weighted by atomic mass is 9.97. The fourth-order valence-electron chi connectivity index (χ4n) is 2.39. The molecule has 1 heterocycles. The van der Waals surface area contributed by atoms with Gasteiger partial charge in [-0.15, -0.1) is 11.8 Å². The van der Waals surface area contributed by atoms with Gasteiger partial charge >= 0.3 is 0 Å². The van der Waals surface area contributed by atoms with Crippen LogP contribution in [0.1, 0.15) is 12.8 Å². The van der Waals surface area contributed by atoms with E-state index in [2.05, 4.69) is 47.8 Å². The summed E-state index contributed by atoms with van der Waals surface area (Å²) in [7, 11) is 2.20. The molecular weight excluding hydrogens is 228 g/mol. The molecular formula is C14H22N2S. The van der Waals surface area contributed by atoms with Crippen molar-refractivity contribution in [2.75, 3.05) is 37.8 Å². The zero-order valence-electron chi connectivity index (χ0n) is 10.8. The average Bonchev–Trinajstić information content (AvgIpc) is 2.40. The molecule has 1 aliphatic rings. The van der Waals surface area contributed by atoms with E-state index in [-0.39, 0.29) is 0 Å². The number of piperidine rings is 1. The standard InChI is InChI=1S/C14H22N2S/c1-16(11-12-7-9-15-10-8-12)13-3-5-14(17-2)6-4-13/h3-6,12,15H,7-11H2,1-2H3. The lowest BCUT2D eigenvalue weighted by Crippen LogP contribution is -2.34. The Balaban J connectivity index is 1.91. The van der Waals surface area contributed by atoms with Crippen LogP contribution in [0.4, 0.5) is 5.69 Å². The molecule has 0 bridgehead atoms. The molecule has 0 aromatic heterocycles. The molecule has 1 N–H and O–H groups in total. The van der Waals surface area contributed by atoms with Gasteiger partial charge in [0.05, 0.1) is 0 Å². The molecule has 1 aliphatic heterocycles. The largest absolute Gasteiger partial charge is 0.374 e. The summed E-state index contributed by atoms with van der Waals surface area (Å²) in [6, 6.07) is 8.87. The van der Waals surface area contributed by atoms with Crippen LogP contribution < -0.4 is 10.2 Å². The Morgan fingerprint density at radius 1 is 1.24 bits per heavy atom. The highest BCUT2D eigenvalue weighted by atomic mass is 32.2. The Labute approximate surface area is 109 Å². The van der Waals surface area contributed by atoms with Crippen LogP contribution in [0.15, 0.2) is 29.2 Å². The average molecular weight is 250 g/mol. The minimum atomic E-state index is 0.849. The first-order valence-corrected chi connectivity index (χ1v) is 7.58. The molecule has 94 valence electrons. The summed E-state index contributed by atoms with van der Waals surface area (Å²) < 4.78 is 0. The highest BCUT2D eigenvalue weighted by molar-refractivity contribution is 7.98. The second-order valence-electron chi connectivity index (χ2n) is 4.77. The second kappa shape index (κ2) is 6.31. The van der Waals surface area contributed by atoms with Gasteiger partial charge in [0.2, 0.25) is 0 Å². The maximum absolute atomic E-state index is 3.42. The third-order valence-electron chi connectivity index (χ3n) is 3.50. The molecule has 0 spiro atoms. The molecule has 1 aromatic rings. The van der Waals surface area contributed by atoms with Gasteiger partial charge in [0.25, 0.3) is 0 Å². The van der Waals surface area contributed by atoms with Crippen molar-refractivity contribution in [2.45, 2.75) is 17.7 Å². The van der Waals surface area contributed by atoms with E-state index in [9.17, 15) is 0 Å². The fourth-order valence-corrected chi connectivity index (χ4v) is 2.80. The van der Waals surface area contributed by atoms with Crippen molar-refractivity contribution in [1.29, 1.82) is 0 Å². The first-order chi connectivity index (χ1) is 8.29. The van der Waals surface area contributed by atoms with Gasteiger partial charge in [-0.05, 0) is 62.4 Å². The Kier molecular flexibility index (Phi) is 4.75. The van der Waals surface area contributed by atoms with Gasteiger partial charge in [0.1, 0.15) is 0 Å². The van der Waals surface area contributed by atoms with Gasteiger partial charge in [0.15, 0.2) is 0 Å². The van der Waals surface area contributed by atoms with E-state index < -0.39 is 0 Å². The number of thioether (sulfide) groups is 1. The summed E-state index contributed by atoms with van der Waals surface area (Å²) >= 11 is 1.80. The Morgan fingerprint density at radius 2 is 1.88 bits per heavy atom. The van der Waals surface area contributed by atoms with Gasteiger partial charge in [-0.25, -0.2) is 0 Å². The number of nitrogens with zero attached hydrogens (tertiary/aromatic N) is 1. The van der Waals surface area contributed by atoms with Crippen LogP contribution in [0.2, 0.25) is 0 Å². The SMILES string of the molecule is CSc1ccc(N(C)CC2CCNCC2)cc1. The molecule has 0 amide bonds. The van der Waals surface area contributed by atoms with Crippen LogP contribution in [0.5, 0.6) is 0 Å². The monoisotopic (exact) mass is 250 g/mol. The smallest absolute Gasteiger partial charge is 0.0364 e. The highest BCUT2D eigenvalue weighted by Gasteiger charge is 2.15. The number of hydrogen-bond acceptors (Lipinski definition) is 3. The van der Waals surface area contributed by atoms with Crippen molar-refractivity contribution in [1.82, 2.24) is 5.32 Å². The topological polar surface area (TPSA) is 15.3 Å². The molecule has 3 heteroatoms. The zero-order valence-corrected chi connectivity index (χ0v) is 11.6. The van der Waals surface area contributed by atoms with E-state index in [0.29, 0.717) is 0 Å². The molecule has 0 atom stereocenters. The molecule has 0 aliphatic carbocycles. The predicted octanol–water partition coefficient (Wildman–Crippen LogP) is 2.84. The van der Waals surface area contributed by atoms with Crippen molar-refractivity contribution < 1.29 is 0 Å². The third kappa shape index (κ3) is 3.65. The highest BCUT2D eigenvalue weighted by Crippen LogP contribution is 2.22. The number of nitrogens with one attached hydrogen (secondary N) is 1. The molecule has 1 fully saturated rings. The van der Waals surface area contributed by atoms with Gasteiger partial charge in [-0.1, -0.05) is 0 Å². The minimum absolute atomic E-state index is 0.849. The summed E-state index contributed by atoms with van der Waals surface area (Å²) in [6.45, 7) is 3.55. The van der Waals surface area contributed by atoms with Gasteiger partial charge in [-0.3, -0.25) is 0 Å². The van der Waals surface area contributed by atoms with E-state index in [4.69, 9.17) is 0 Å². The van der Waals surface area contributed by atoms with E-state index in [1.165, 1.54) is 43.1 Å². The van der Waals surface area contributed by atoms with Crippen LogP contribution in [0.25, 0.3) is 0 Å². The van der Waals surface area contributed by atoms with Crippen molar-refractivity contribution in [3.8, 4) is 0 Å². The summed E-state index contributed by atoms with van der Waals surface area (Å²) in [6.07, 6.45) is 4.74. The van der Waals surface area contributed by atoms with Crippen molar-refractivity contribution in [3.63, 3.8) is 0 Å². The molecule has 0 saturated carbocycles. The van der Waals surface area contributed by atoms with Crippen LogP contribution in [-0.2, 0) is 0 Å². The maximum Gasteiger partial charge on any atom is 0.0364 e. The molecule has 1 aromatic carbocycles. The number of benzene rings is 1. The summed E-state index contributed by atoms with van der Waals surface area (Å²) in [5, 5.41) is 3.42. The maximum atomic E-state index is 3.42. The van der Waals surface area contributed by atoms with Crippen molar-refractivity contribution in [2.24, 2.45) is 5.92 Å². The number of anilines is 1. The fraction of sp³-hybridized carbons (Fsp3) is 0.571. The van der Waals surface area contributed by atoms with E-state index in [1.807, 2.05) is 0 Å². The number of rotatable bonds is 4. The molecule has 17 heavy (non-hydrogen) atoms. The molecule has 2 rings (SSSR count). The van der Waals surface area contributed by atoms with E-state index >= 15 is 0 Å². The first kappa shape index (κ1) is 12.8. The molecule has 2 nitrogen and oxygen atoms in total. The Hall–Kier alpha value is -0.670. The number of hydrogen-bond donors (Lipinski definition) is 1. The predicted molar refractivity (Wildman–Crippen MR) is 77.1 cm³/mol. The van der Waals surface area contributed by atoms with Crippen LogP contribution in [0.3, 0.4) is 0 Å². The summed E-state index contributed by atoms with van der Waals surface area (Å²) in [5.74, 6) is 0.849. The van der Waals surface area contributed by atoms with E-state index in [0.717, 1.165) is 5.92 Å². The molecule has 0 radical (unpaired) electrons. The zero-order chi connectivity index (χ0) is 12.1. The summed E-state index contributed by atoms with van der Waals surface area (Å²) in [4.78, 5) is 3.73. The quantitative estimate of drug-likeness (QED) is 0.827. The normalized spacial score (nSPS) is 17.1. The minimum Gasteiger partial charge on any atom is -0.374 e. The van der Waals surface area contributed by atoms with Crippen molar-refractivity contribution >= 4 is 17.4 Å². The van der Waals surface area contributed by atoms with Gasteiger partial charge in [-0.2, -0.15) is 0 Å². The lowest BCUT2D eigenvalue weighted by Gasteiger charge is -2.28. The Morgan fingerprint density at radius 3 is 2.47 bits per heavy atom. The Bertz CT molecular complexity index is 331. The van der Waals surface area contributed by atoms with Crippen LogP contribution in [-0.4, -0.2) is 32.9 Å². The van der Waals surface area contributed by atoms with Crippen molar-refractivity contribution in [3.05, 3.63) is 24.3 Å². The summed E-state index contributed by atoms with van der Waals surface area (Å²) in [5.41, 5.74) is 1.33. The van der Waals surface area contributed by atoms with Crippen LogP contribution >= 0.6 is 11.8 Å².